The number of aryl methyl sites for hydroxylation is 1. The molecule has 0 atom stereocenters. The van der Waals surface area contributed by atoms with Crippen molar-refractivity contribution in [3.63, 3.8) is 0 Å². The molecule has 1 amide bonds. The maximum absolute atomic E-state index is 12.8. The number of rotatable bonds is 5. The zero-order valence-corrected chi connectivity index (χ0v) is 21.8. The number of pyridine rings is 1. The van der Waals surface area contributed by atoms with Crippen LogP contribution in [0, 0.1) is 6.92 Å². The van der Waals surface area contributed by atoms with Crippen molar-refractivity contribution < 1.29 is 27.4 Å². The lowest BCUT2D eigenvalue weighted by Gasteiger charge is -2.22. The first-order valence-electron chi connectivity index (χ1n) is 11.7. The van der Waals surface area contributed by atoms with E-state index in [0.29, 0.717) is 63.0 Å². The monoisotopic (exact) mass is 560 g/mol. The zero-order chi connectivity index (χ0) is 27.2. The highest BCUT2D eigenvalue weighted by Crippen LogP contribution is 2.41. The van der Waals surface area contributed by atoms with Gasteiger partial charge in [0.05, 0.1) is 28.4 Å². The van der Waals surface area contributed by atoms with Crippen molar-refractivity contribution >= 4 is 45.7 Å². The molecular weight excluding hydrogens is 540 g/mol. The van der Waals surface area contributed by atoms with Crippen molar-refractivity contribution in [3.8, 4) is 33.8 Å². The number of alkyl halides is 3. The Labute approximate surface area is 226 Å². The minimum atomic E-state index is -4.84. The molecule has 1 fully saturated rings. The first kappa shape index (κ1) is 26.1. The maximum Gasteiger partial charge on any atom is 0.573 e. The summed E-state index contributed by atoms with van der Waals surface area (Å²) in [7, 11) is 1.53. The number of aromatic nitrogens is 1. The third kappa shape index (κ3) is 4.98. The average Bonchev–Trinajstić information content (AvgIpc) is 3.29. The molecule has 5 nitrogen and oxygen atoms in total. The number of ether oxygens (including phenoxy) is 2. The van der Waals surface area contributed by atoms with Crippen LogP contribution in [0.3, 0.4) is 0 Å². The molecule has 0 radical (unpaired) electrons. The number of halogens is 5. The Bertz CT molecular complexity index is 1560. The normalized spacial score (nSPS) is 13.9. The number of amides is 1. The zero-order valence-electron chi connectivity index (χ0n) is 20.3. The average molecular weight is 561 g/mol. The summed E-state index contributed by atoms with van der Waals surface area (Å²) >= 11 is 13.1. The van der Waals surface area contributed by atoms with E-state index >= 15 is 0 Å². The molecule has 0 bridgehead atoms. The van der Waals surface area contributed by atoms with Gasteiger partial charge in [-0.2, -0.15) is 0 Å². The van der Waals surface area contributed by atoms with Crippen molar-refractivity contribution in [1.82, 2.24) is 4.98 Å². The quantitative estimate of drug-likeness (QED) is 0.247. The SMILES string of the molecule is COc1cc2nc(C)c(-c3ccc(-c4ccc(OC(F)(F)F)cc4N4CCCC4=O)cc3)c(Cl)c2cc1Cl. The molecule has 3 aromatic carbocycles. The fourth-order valence-corrected chi connectivity index (χ4v) is 5.37. The maximum atomic E-state index is 12.8. The van der Waals surface area contributed by atoms with Crippen LogP contribution in [0.2, 0.25) is 10.0 Å². The number of carbonyl (C=O) groups is 1. The molecule has 5 rings (SSSR count). The fraction of sp³-hybridized carbons (Fsp3) is 0.214. The van der Waals surface area contributed by atoms with Crippen LogP contribution < -0.4 is 14.4 Å². The van der Waals surface area contributed by atoms with E-state index in [-0.39, 0.29) is 11.7 Å². The highest BCUT2D eigenvalue weighted by Gasteiger charge is 2.32. The van der Waals surface area contributed by atoms with Crippen LogP contribution in [0.25, 0.3) is 33.2 Å². The van der Waals surface area contributed by atoms with E-state index in [1.165, 1.54) is 30.2 Å². The summed E-state index contributed by atoms with van der Waals surface area (Å²) in [5.74, 6) is -0.0300. The minimum absolute atomic E-state index is 0.146. The second-order valence-corrected chi connectivity index (χ2v) is 9.63. The number of fused-ring (bicyclic) bond motifs is 1. The van der Waals surface area contributed by atoms with Crippen molar-refractivity contribution in [1.29, 1.82) is 0 Å². The second kappa shape index (κ2) is 10.0. The number of methoxy groups -OCH3 is 1. The Morgan fingerprint density at radius 2 is 1.71 bits per heavy atom. The molecule has 0 spiro atoms. The van der Waals surface area contributed by atoms with Gasteiger partial charge < -0.3 is 14.4 Å². The van der Waals surface area contributed by atoms with Gasteiger partial charge in [-0.3, -0.25) is 9.78 Å². The van der Waals surface area contributed by atoms with E-state index in [9.17, 15) is 18.0 Å². The minimum Gasteiger partial charge on any atom is -0.495 e. The predicted octanol–water partition coefficient (Wildman–Crippen LogP) is 8.22. The highest BCUT2D eigenvalue weighted by atomic mass is 35.5. The summed E-state index contributed by atoms with van der Waals surface area (Å²) in [6.07, 6.45) is -3.87. The third-order valence-electron chi connectivity index (χ3n) is 6.43. The van der Waals surface area contributed by atoms with Gasteiger partial charge in [-0.05, 0) is 42.7 Å². The van der Waals surface area contributed by atoms with Crippen molar-refractivity contribution in [2.75, 3.05) is 18.6 Å². The lowest BCUT2D eigenvalue weighted by atomic mass is 9.97. The summed E-state index contributed by atoms with van der Waals surface area (Å²) < 4.78 is 47.9. The van der Waals surface area contributed by atoms with Gasteiger partial charge in [-0.1, -0.05) is 47.5 Å². The summed E-state index contributed by atoms with van der Waals surface area (Å²) in [5, 5.41) is 1.58. The van der Waals surface area contributed by atoms with Gasteiger partial charge >= 0.3 is 6.36 Å². The molecule has 4 aromatic rings. The van der Waals surface area contributed by atoms with E-state index in [1.807, 2.05) is 31.2 Å². The number of hydrogen-bond acceptors (Lipinski definition) is 4. The van der Waals surface area contributed by atoms with Gasteiger partial charge in [-0.15, -0.1) is 13.2 Å². The summed E-state index contributed by atoms with van der Waals surface area (Å²) in [4.78, 5) is 18.6. The lowest BCUT2D eigenvalue weighted by Crippen LogP contribution is -2.24. The number of anilines is 1. The van der Waals surface area contributed by atoms with Crippen molar-refractivity contribution in [2.24, 2.45) is 0 Å². The van der Waals surface area contributed by atoms with Gasteiger partial charge in [0.1, 0.15) is 11.5 Å². The fourth-order valence-electron chi connectivity index (χ4n) is 4.73. The summed E-state index contributed by atoms with van der Waals surface area (Å²) in [6, 6.07) is 14.9. The van der Waals surface area contributed by atoms with Gasteiger partial charge in [0.15, 0.2) is 0 Å². The molecule has 10 heteroatoms. The Hall–Kier alpha value is -3.49. The van der Waals surface area contributed by atoms with E-state index in [4.69, 9.17) is 27.9 Å². The number of nitrogens with zero attached hydrogens (tertiary/aromatic N) is 2. The number of benzene rings is 3. The van der Waals surface area contributed by atoms with Crippen LogP contribution in [-0.4, -0.2) is 30.9 Å². The van der Waals surface area contributed by atoms with E-state index in [2.05, 4.69) is 9.72 Å². The van der Waals surface area contributed by atoms with Gasteiger partial charge in [0, 0.05) is 47.3 Å². The molecule has 1 aliphatic heterocycles. The van der Waals surface area contributed by atoms with Crippen LogP contribution in [0.4, 0.5) is 18.9 Å². The summed E-state index contributed by atoms with van der Waals surface area (Å²) in [5.41, 5.74) is 4.58. The molecule has 0 aliphatic carbocycles. The first-order chi connectivity index (χ1) is 18.1. The first-order valence-corrected chi connectivity index (χ1v) is 12.5. The van der Waals surface area contributed by atoms with E-state index < -0.39 is 6.36 Å². The third-order valence-corrected chi connectivity index (χ3v) is 7.12. The topological polar surface area (TPSA) is 51.7 Å². The standard InChI is InChI=1S/C28H21Cl2F3N2O3/c1-15-26(27(30)20-13-21(29)24(37-2)14-22(20)34-15)17-7-5-16(6-8-17)19-10-9-18(38-28(31,32)33)12-23(19)35-11-3-4-25(35)36/h5-10,12-14H,3-4,11H2,1-2H3. The Morgan fingerprint density at radius 1 is 1.00 bits per heavy atom. The number of hydrogen-bond donors (Lipinski definition) is 0. The van der Waals surface area contributed by atoms with Crippen LogP contribution in [-0.2, 0) is 4.79 Å². The highest BCUT2D eigenvalue weighted by molar-refractivity contribution is 6.39. The molecule has 1 saturated heterocycles. The van der Waals surface area contributed by atoms with E-state index in [1.54, 1.807) is 12.1 Å². The molecule has 1 aliphatic rings. The molecule has 0 saturated carbocycles. The Morgan fingerprint density at radius 3 is 2.34 bits per heavy atom. The van der Waals surface area contributed by atoms with E-state index in [0.717, 1.165) is 16.7 Å². The Kier molecular flexibility index (Phi) is 6.88. The van der Waals surface area contributed by atoms with Crippen LogP contribution in [0.5, 0.6) is 11.5 Å². The predicted molar refractivity (Wildman–Crippen MR) is 142 cm³/mol. The molecule has 0 N–H and O–H groups in total. The lowest BCUT2D eigenvalue weighted by molar-refractivity contribution is -0.274. The molecule has 1 aromatic heterocycles. The van der Waals surface area contributed by atoms with Crippen LogP contribution in [0.1, 0.15) is 18.5 Å². The number of carbonyl (C=O) groups excluding carboxylic acids is 1. The largest absolute Gasteiger partial charge is 0.573 e. The molecule has 196 valence electrons. The van der Waals surface area contributed by atoms with Crippen LogP contribution in [0.15, 0.2) is 54.6 Å². The van der Waals surface area contributed by atoms with Gasteiger partial charge in [0.2, 0.25) is 5.91 Å². The smallest absolute Gasteiger partial charge is 0.495 e. The second-order valence-electron chi connectivity index (χ2n) is 8.84. The molecule has 0 unspecified atom stereocenters. The summed E-state index contributed by atoms with van der Waals surface area (Å²) in [6.45, 7) is 2.27. The van der Waals surface area contributed by atoms with Crippen molar-refractivity contribution in [3.05, 3.63) is 70.3 Å². The Balaban J connectivity index is 1.56. The molecule has 38 heavy (non-hydrogen) atoms. The molecular formula is C28H21Cl2F3N2O3. The van der Waals surface area contributed by atoms with Crippen molar-refractivity contribution in [2.45, 2.75) is 26.1 Å². The molecule has 2 heterocycles. The van der Waals surface area contributed by atoms with Crippen LogP contribution >= 0.6 is 23.2 Å². The van der Waals surface area contributed by atoms with Gasteiger partial charge in [0.25, 0.3) is 0 Å². The van der Waals surface area contributed by atoms with Gasteiger partial charge in [-0.25, -0.2) is 0 Å².